The van der Waals surface area contributed by atoms with Crippen LogP contribution in [-0.2, 0) is 10.2 Å². The molecule has 2 aromatic rings. The van der Waals surface area contributed by atoms with Crippen molar-refractivity contribution in [2.75, 3.05) is 0 Å². The van der Waals surface area contributed by atoms with Crippen LogP contribution in [0.25, 0.3) is 0 Å². The first-order valence-electron chi connectivity index (χ1n) is 6.56. The third kappa shape index (κ3) is 2.71. The lowest BCUT2D eigenvalue weighted by Gasteiger charge is -2.27. The van der Waals surface area contributed by atoms with Crippen LogP contribution in [0.4, 0.5) is 0 Å². The molecule has 1 aromatic heterocycles. The number of hydrogen-bond donors (Lipinski definition) is 1. The maximum atomic E-state index is 12.5. The molecule has 1 unspecified atom stereocenters. The minimum atomic E-state index is -0.622. The third-order valence-electron chi connectivity index (χ3n) is 3.50. The van der Waals surface area contributed by atoms with Crippen LogP contribution in [-0.4, -0.2) is 16.0 Å². The quantitative estimate of drug-likeness (QED) is 0.929. The van der Waals surface area contributed by atoms with E-state index in [1.54, 1.807) is 0 Å². The van der Waals surface area contributed by atoms with Crippen molar-refractivity contribution in [3.8, 4) is 0 Å². The maximum Gasteiger partial charge on any atom is 0.230 e. The number of nitrogens with one attached hydrogen (secondary N) is 1. The van der Waals surface area contributed by atoms with E-state index in [4.69, 9.17) is 4.52 Å². The van der Waals surface area contributed by atoms with Crippen molar-refractivity contribution in [1.82, 2.24) is 15.5 Å². The Morgan fingerprint density at radius 2 is 2.05 bits per heavy atom. The van der Waals surface area contributed by atoms with Crippen molar-refractivity contribution >= 4 is 5.91 Å². The van der Waals surface area contributed by atoms with E-state index in [9.17, 15) is 4.79 Å². The number of rotatable bonds is 4. The molecule has 1 N–H and O–H groups in total. The summed E-state index contributed by atoms with van der Waals surface area (Å²) in [6, 6.07) is 7.61. The van der Waals surface area contributed by atoms with E-state index in [0.29, 0.717) is 5.82 Å². The topological polar surface area (TPSA) is 68.0 Å². The molecule has 1 heterocycles. The smallest absolute Gasteiger partial charge is 0.230 e. The Kier molecular flexibility index (Phi) is 3.88. The summed E-state index contributed by atoms with van der Waals surface area (Å²) in [5.41, 5.74) is 1.49. The van der Waals surface area contributed by atoms with Gasteiger partial charge in [-0.05, 0) is 38.8 Å². The fraction of sp³-hybridized carbons (Fsp3) is 0.400. The highest BCUT2D eigenvalue weighted by Gasteiger charge is 2.32. The fourth-order valence-electron chi connectivity index (χ4n) is 2.21. The molecule has 20 heavy (non-hydrogen) atoms. The minimum Gasteiger partial charge on any atom is -0.345 e. The van der Waals surface area contributed by atoms with Crippen LogP contribution in [0.3, 0.4) is 0 Å². The largest absolute Gasteiger partial charge is 0.345 e. The number of amides is 1. The molecule has 0 radical (unpaired) electrons. The number of benzene rings is 1. The van der Waals surface area contributed by atoms with Crippen molar-refractivity contribution in [2.45, 2.75) is 39.2 Å². The number of nitrogens with zero attached hydrogens (tertiary/aromatic N) is 2. The predicted molar refractivity (Wildman–Crippen MR) is 75.1 cm³/mol. The van der Waals surface area contributed by atoms with Crippen molar-refractivity contribution in [1.29, 1.82) is 0 Å². The average molecular weight is 273 g/mol. The van der Waals surface area contributed by atoms with Crippen LogP contribution in [0.5, 0.6) is 0 Å². The highest BCUT2D eigenvalue weighted by molar-refractivity contribution is 5.87. The van der Waals surface area contributed by atoms with Gasteiger partial charge in [-0.15, -0.1) is 0 Å². The fourth-order valence-corrected chi connectivity index (χ4v) is 2.21. The molecule has 106 valence electrons. The van der Waals surface area contributed by atoms with Gasteiger partial charge in [0.2, 0.25) is 12.3 Å². The zero-order valence-corrected chi connectivity index (χ0v) is 12.2. The molecule has 0 aliphatic rings. The lowest BCUT2D eigenvalue weighted by Crippen LogP contribution is -2.41. The van der Waals surface area contributed by atoms with Crippen LogP contribution < -0.4 is 5.32 Å². The van der Waals surface area contributed by atoms with Crippen LogP contribution in [0.1, 0.15) is 43.8 Å². The molecule has 2 rings (SSSR count). The van der Waals surface area contributed by atoms with Gasteiger partial charge in [0.15, 0.2) is 5.82 Å². The zero-order valence-electron chi connectivity index (χ0n) is 12.2. The second-order valence-corrected chi connectivity index (χ2v) is 5.42. The van der Waals surface area contributed by atoms with E-state index in [0.717, 1.165) is 11.1 Å². The number of carbonyl (C=O) groups excluding carboxylic acids is 1. The summed E-state index contributed by atoms with van der Waals surface area (Å²) in [5.74, 6) is 0.406. The van der Waals surface area contributed by atoms with Gasteiger partial charge in [0, 0.05) is 0 Å². The zero-order chi connectivity index (χ0) is 14.8. The van der Waals surface area contributed by atoms with Crippen LogP contribution in [0, 0.1) is 6.92 Å². The Balaban J connectivity index is 2.18. The Morgan fingerprint density at radius 3 is 2.65 bits per heavy atom. The standard InChI is InChI=1S/C15H19N3O2/c1-10-7-5-6-8-12(10)15(3,4)14(19)17-11(2)13-16-9-20-18-13/h5-9,11H,1-4H3,(H,17,19). The second kappa shape index (κ2) is 5.45. The van der Waals surface area contributed by atoms with E-state index in [1.165, 1.54) is 6.39 Å². The highest BCUT2D eigenvalue weighted by atomic mass is 16.5. The van der Waals surface area contributed by atoms with Gasteiger partial charge in [-0.25, -0.2) is 0 Å². The summed E-state index contributed by atoms with van der Waals surface area (Å²) in [6.07, 6.45) is 1.25. The molecule has 0 fully saturated rings. The predicted octanol–water partition coefficient (Wildman–Crippen LogP) is 2.53. The molecule has 0 bridgehead atoms. The first-order valence-corrected chi connectivity index (χ1v) is 6.56. The first-order chi connectivity index (χ1) is 9.43. The average Bonchev–Trinajstić information content (AvgIpc) is 2.92. The monoisotopic (exact) mass is 273 g/mol. The number of hydrogen-bond acceptors (Lipinski definition) is 4. The molecule has 1 amide bonds. The van der Waals surface area contributed by atoms with E-state index >= 15 is 0 Å². The SMILES string of the molecule is Cc1ccccc1C(C)(C)C(=O)NC(C)c1ncon1. The lowest BCUT2D eigenvalue weighted by molar-refractivity contribution is -0.126. The van der Waals surface area contributed by atoms with Crippen molar-refractivity contribution < 1.29 is 9.32 Å². The summed E-state index contributed by atoms with van der Waals surface area (Å²) < 4.78 is 4.69. The van der Waals surface area contributed by atoms with Gasteiger partial charge in [-0.1, -0.05) is 29.4 Å². The Hall–Kier alpha value is -2.17. The summed E-state index contributed by atoms with van der Waals surface area (Å²) in [6.45, 7) is 7.66. The molecule has 5 heteroatoms. The van der Waals surface area contributed by atoms with Crippen molar-refractivity contribution in [3.63, 3.8) is 0 Å². The Bertz CT molecular complexity index is 591. The van der Waals surface area contributed by atoms with Crippen LogP contribution >= 0.6 is 0 Å². The normalized spacial score (nSPS) is 13.0. The molecular weight excluding hydrogens is 254 g/mol. The molecular formula is C15H19N3O2. The van der Waals surface area contributed by atoms with E-state index < -0.39 is 5.41 Å². The third-order valence-corrected chi connectivity index (χ3v) is 3.50. The molecule has 0 saturated carbocycles. The second-order valence-electron chi connectivity index (χ2n) is 5.42. The summed E-state index contributed by atoms with van der Waals surface area (Å²) in [4.78, 5) is 16.5. The molecule has 1 aromatic carbocycles. The van der Waals surface area contributed by atoms with E-state index in [-0.39, 0.29) is 11.9 Å². The number of carbonyl (C=O) groups is 1. The molecule has 1 atom stereocenters. The maximum absolute atomic E-state index is 12.5. The summed E-state index contributed by atoms with van der Waals surface area (Å²) >= 11 is 0. The summed E-state index contributed by atoms with van der Waals surface area (Å²) in [7, 11) is 0. The van der Waals surface area contributed by atoms with Gasteiger partial charge >= 0.3 is 0 Å². The van der Waals surface area contributed by atoms with Gasteiger partial charge < -0.3 is 9.84 Å². The number of aromatic nitrogens is 2. The first kappa shape index (κ1) is 14.2. The molecule has 0 spiro atoms. The molecule has 0 aliphatic heterocycles. The van der Waals surface area contributed by atoms with Crippen LogP contribution in [0.2, 0.25) is 0 Å². The van der Waals surface area contributed by atoms with Crippen LogP contribution in [0.15, 0.2) is 35.2 Å². The Morgan fingerprint density at radius 1 is 1.35 bits per heavy atom. The Labute approximate surface area is 118 Å². The van der Waals surface area contributed by atoms with Gasteiger partial charge in [-0.2, -0.15) is 4.98 Å². The van der Waals surface area contributed by atoms with Crippen molar-refractivity contribution in [3.05, 3.63) is 47.6 Å². The molecule has 0 saturated heterocycles. The van der Waals surface area contributed by atoms with Gasteiger partial charge in [0.1, 0.15) is 0 Å². The highest BCUT2D eigenvalue weighted by Crippen LogP contribution is 2.27. The molecule has 5 nitrogen and oxygen atoms in total. The van der Waals surface area contributed by atoms with Crippen molar-refractivity contribution in [2.24, 2.45) is 0 Å². The van der Waals surface area contributed by atoms with Gasteiger partial charge in [0.25, 0.3) is 0 Å². The van der Waals surface area contributed by atoms with Gasteiger partial charge in [0.05, 0.1) is 11.5 Å². The summed E-state index contributed by atoms with van der Waals surface area (Å²) in [5, 5.41) is 6.67. The minimum absolute atomic E-state index is 0.0656. The van der Waals surface area contributed by atoms with E-state index in [1.807, 2.05) is 52.0 Å². The van der Waals surface area contributed by atoms with E-state index in [2.05, 4.69) is 15.5 Å². The lowest BCUT2D eigenvalue weighted by atomic mass is 9.81. The number of aryl methyl sites for hydroxylation is 1. The molecule has 0 aliphatic carbocycles. The van der Waals surface area contributed by atoms with Gasteiger partial charge in [-0.3, -0.25) is 4.79 Å².